The lowest BCUT2D eigenvalue weighted by atomic mass is 10.0. The molecule has 0 saturated carbocycles. The summed E-state index contributed by atoms with van der Waals surface area (Å²) in [6, 6.07) is 0. The number of hydrogen-bond acceptors (Lipinski definition) is 14. The number of phosphoric acid groups is 2. The predicted octanol–water partition coefficient (Wildman–Crippen LogP) is 32.2. The van der Waals surface area contributed by atoms with E-state index in [1.54, 1.807) is 0 Å². The highest BCUT2D eigenvalue weighted by atomic mass is 31.2. The second kappa shape index (κ2) is 98.5. The summed E-state index contributed by atoms with van der Waals surface area (Å²) in [4.78, 5) is 59.2. The SMILES string of the molecule is CCCCC/C=C\C/C=C\C/C=C\C/C=C\CCCCCCCCCCCCCCCCCCCCCC(=O)OCC(O)COP(=O)(O)OCC(O)COP(=O)(O)OCC(COC(=O)CCCCCCCCCCCCCCC/C=C\C/C=C\C/C=C\C/C=C\CCCCC)OC(=O)CCCCCCCCCCC/C=C\C/C=C\C/C=C\C/C=C\CCCCC. The number of carbonyl (C=O) groups is 3. The Balaban J connectivity index is 4.56. The third kappa shape index (κ3) is 99.8. The molecule has 0 aliphatic carbocycles. The summed E-state index contributed by atoms with van der Waals surface area (Å²) in [6.45, 7) is 2.67. The molecule has 0 heterocycles. The fourth-order valence-electron chi connectivity index (χ4n) is 14.2. The molecule has 0 amide bonds. The van der Waals surface area contributed by atoms with Crippen molar-refractivity contribution in [2.75, 3.05) is 39.6 Å². The van der Waals surface area contributed by atoms with Gasteiger partial charge < -0.3 is 34.2 Å². The first kappa shape index (κ1) is 120. The van der Waals surface area contributed by atoms with Gasteiger partial charge in [-0.1, -0.05) is 430 Å². The first-order chi connectivity index (χ1) is 61.2. The summed E-state index contributed by atoms with van der Waals surface area (Å²) in [5.41, 5.74) is 0. The Morgan fingerprint density at radius 1 is 0.224 bits per heavy atom. The maximum atomic E-state index is 13.1. The lowest BCUT2D eigenvalue weighted by molar-refractivity contribution is -0.161. The van der Waals surface area contributed by atoms with E-state index in [2.05, 4.69) is 167 Å². The minimum absolute atomic E-state index is 0.0957. The van der Waals surface area contributed by atoms with Gasteiger partial charge in [-0.05, 0) is 154 Å². The second-order valence-electron chi connectivity index (χ2n) is 34.3. The van der Waals surface area contributed by atoms with Crippen LogP contribution < -0.4 is 0 Å². The molecule has 0 aliphatic heterocycles. The van der Waals surface area contributed by atoms with Crippen LogP contribution in [0.15, 0.2) is 146 Å². The molecule has 4 N–H and O–H groups in total. The van der Waals surface area contributed by atoms with Gasteiger partial charge in [0.05, 0.1) is 26.4 Å². The summed E-state index contributed by atoms with van der Waals surface area (Å²) in [5, 5.41) is 20.8. The number of ether oxygens (including phenoxy) is 3. The summed E-state index contributed by atoms with van der Waals surface area (Å²) in [6.07, 6.45) is 126. The lowest BCUT2D eigenvalue weighted by Crippen LogP contribution is -2.30. The van der Waals surface area contributed by atoms with Crippen LogP contribution in [0.2, 0.25) is 0 Å². The van der Waals surface area contributed by atoms with Crippen LogP contribution in [0.4, 0.5) is 0 Å². The molecule has 5 unspecified atom stereocenters. The van der Waals surface area contributed by atoms with Gasteiger partial charge in [-0.15, -0.1) is 0 Å². The van der Waals surface area contributed by atoms with Gasteiger partial charge in [0, 0.05) is 19.3 Å². The van der Waals surface area contributed by atoms with Gasteiger partial charge in [0.1, 0.15) is 25.4 Å². The fourth-order valence-corrected chi connectivity index (χ4v) is 15.8. The maximum absolute atomic E-state index is 13.1. The first-order valence-corrected chi connectivity index (χ1v) is 54.1. The zero-order valence-electron chi connectivity index (χ0n) is 80.0. The van der Waals surface area contributed by atoms with Crippen LogP contribution >= 0.6 is 15.6 Å². The Hall–Kier alpha value is -4.57. The Bertz CT molecular complexity index is 2850. The van der Waals surface area contributed by atoms with Crippen molar-refractivity contribution in [3.63, 3.8) is 0 Å². The standard InChI is InChI=1S/C107H188O16P2/c1-4-7-10-13-16-19-22-25-28-31-34-37-40-43-45-47-48-49-50-51-52-54-56-58-60-63-66-69-72-75-78-81-84-87-90-93-105(110)117-96-102(108)97-119-124(113,114)120-98-103(109)99-121-125(115,116)122-101-104(123-107(112)95-92-89-86-83-80-77-74-71-68-65-62-57-42-39-36-33-30-27-24-21-18-15-12-9-6-3)100-118-106(111)94-91-88-85-82-79-76-73-70-67-64-61-59-55-53-46-44-41-38-35-32-29-26-23-20-17-14-11-8-5-2/h16-21,25-30,34-39,43-46,57,62,102-104,108-109H,4-15,22-24,31-33,40-42,47-56,58-61,63-101H2,1-3H3,(H,113,114)(H,115,116)/b19-16-,20-17-,21-18-,28-25-,29-26-,30-27-,37-34-,38-35-,39-36-,45-43-,46-44-,62-57-. The largest absolute Gasteiger partial charge is 0.472 e. The van der Waals surface area contributed by atoms with Crippen molar-refractivity contribution in [2.45, 2.75) is 476 Å². The first-order valence-electron chi connectivity index (χ1n) is 51.1. The normalized spacial score (nSPS) is 14.3. The van der Waals surface area contributed by atoms with Crippen LogP contribution in [-0.2, 0) is 55.8 Å². The topological polar surface area (TPSA) is 231 Å². The predicted molar refractivity (Wildman–Crippen MR) is 528 cm³/mol. The number of esters is 3. The minimum Gasteiger partial charge on any atom is -0.463 e. The Morgan fingerprint density at radius 2 is 0.400 bits per heavy atom. The van der Waals surface area contributed by atoms with Gasteiger partial charge in [-0.3, -0.25) is 32.5 Å². The van der Waals surface area contributed by atoms with E-state index in [-0.39, 0.29) is 19.3 Å². The van der Waals surface area contributed by atoms with Crippen molar-refractivity contribution < 1.29 is 75.8 Å². The van der Waals surface area contributed by atoms with E-state index in [1.165, 1.54) is 257 Å². The van der Waals surface area contributed by atoms with Crippen molar-refractivity contribution in [1.82, 2.24) is 0 Å². The molecule has 0 aromatic heterocycles. The molecule has 0 rings (SSSR count). The smallest absolute Gasteiger partial charge is 0.463 e. The van der Waals surface area contributed by atoms with Crippen molar-refractivity contribution in [1.29, 1.82) is 0 Å². The minimum atomic E-state index is -4.95. The van der Waals surface area contributed by atoms with Crippen molar-refractivity contribution in [2.24, 2.45) is 0 Å². The lowest BCUT2D eigenvalue weighted by Gasteiger charge is -2.21. The Labute approximate surface area is 766 Å². The molecule has 16 nitrogen and oxygen atoms in total. The molecule has 0 aliphatic rings. The highest BCUT2D eigenvalue weighted by Gasteiger charge is 2.30. The van der Waals surface area contributed by atoms with Gasteiger partial charge in [0.25, 0.3) is 0 Å². The molecule has 0 fully saturated rings. The zero-order chi connectivity index (χ0) is 90.7. The van der Waals surface area contributed by atoms with E-state index in [1.807, 2.05) is 0 Å². The number of allylic oxidation sites excluding steroid dienone is 24. The Morgan fingerprint density at radius 3 is 0.632 bits per heavy atom. The van der Waals surface area contributed by atoms with E-state index in [4.69, 9.17) is 32.3 Å². The molecule has 5 atom stereocenters. The average molecular weight is 1790 g/mol. The molecule has 0 spiro atoms. The molecule has 18 heteroatoms. The van der Waals surface area contributed by atoms with E-state index < -0.39 is 91.5 Å². The van der Waals surface area contributed by atoms with Crippen LogP contribution in [0.5, 0.6) is 0 Å². The number of unbranched alkanes of at least 4 members (excludes halogenated alkanes) is 50. The molecule has 0 saturated heterocycles. The molecule has 0 bridgehead atoms. The van der Waals surface area contributed by atoms with Gasteiger partial charge in [-0.2, -0.15) is 0 Å². The number of carbonyl (C=O) groups excluding carboxylic acids is 3. The second-order valence-corrected chi connectivity index (χ2v) is 37.2. The number of aliphatic hydroxyl groups excluding tert-OH is 2. The van der Waals surface area contributed by atoms with Crippen LogP contribution in [0, 0.1) is 0 Å². The maximum Gasteiger partial charge on any atom is 0.472 e. The molecule has 0 aromatic carbocycles. The van der Waals surface area contributed by atoms with E-state index >= 15 is 0 Å². The fraction of sp³-hybridized carbons (Fsp3) is 0.748. The average Bonchev–Trinajstić information content (AvgIpc) is 0.897. The van der Waals surface area contributed by atoms with E-state index in [9.17, 15) is 43.5 Å². The van der Waals surface area contributed by atoms with Crippen molar-refractivity contribution >= 4 is 33.6 Å². The summed E-state index contributed by atoms with van der Waals surface area (Å²) in [7, 11) is -9.82. The van der Waals surface area contributed by atoms with Gasteiger partial charge in [0.15, 0.2) is 6.10 Å². The molecule has 125 heavy (non-hydrogen) atoms. The van der Waals surface area contributed by atoms with Crippen LogP contribution in [0.1, 0.15) is 457 Å². The van der Waals surface area contributed by atoms with E-state index in [0.29, 0.717) is 19.3 Å². The number of rotatable bonds is 97. The highest BCUT2D eigenvalue weighted by Crippen LogP contribution is 2.45. The number of phosphoric ester groups is 2. The van der Waals surface area contributed by atoms with Crippen LogP contribution in [0.3, 0.4) is 0 Å². The zero-order valence-corrected chi connectivity index (χ0v) is 81.8. The van der Waals surface area contributed by atoms with Gasteiger partial charge in [0.2, 0.25) is 0 Å². The third-order valence-corrected chi connectivity index (χ3v) is 23.9. The van der Waals surface area contributed by atoms with Crippen molar-refractivity contribution in [3.8, 4) is 0 Å². The van der Waals surface area contributed by atoms with Crippen LogP contribution in [0.25, 0.3) is 0 Å². The van der Waals surface area contributed by atoms with Gasteiger partial charge >= 0.3 is 33.6 Å². The number of hydrogen-bond donors (Lipinski definition) is 4. The summed E-state index contributed by atoms with van der Waals surface area (Å²) >= 11 is 0. The number of aliphatic hydroxyl groups is 2. The molecular formula is C107H188O16P2. The molecule has 0 radical (unpaired) electrons. The van der Waals surface area contributed by atoms with E-state index in [0.717, 1.165) is 141 Å². The monoisotopic (exact) mass is 1790 g/mol. The molecule has 0 aromatic rings. The Kier molecular flexibility index (Phi) is 94.9. The summed E-state index contributed by atoms with van der Waals surface area (Å²) in [5.74, 6) is -1.56. The summed E-state index contributed by atoms with van der Waals surface area (Å²) < 4.78 is 61.7. The molecule has 722 valence electrons. The van der Waals surface area contributed by atoms with Gasteiger partial charge in [-0.25, -0.2) is 9.13 Å². The highest BCUT2D eigenvalue weighted by molar-refractivity contribution is 7.47. The van der Waals surface area contributed by atoms with Crippen LogP contribution in [-0.4, -0.2) is 95.9 Å². The quantitative estimate of drug-likeness (QED) is 0.0146. The third-order valence-electron chi connectivity index (χ3n) is 22.0. The molecular weight excluding hydrogens is 1600 g/mol. The van der Waals surface area contributed by atoms with Crippen molar-refractivity contribution in [3.05, 3.63) is 146 Å².